The molecule has 0 aliphatic heterocycles. The van der Waals surface area contributed by atoms with Gasteiger partial charge in [0.05, 0.1) is 5.75 Å². The lowest BCUT2D eigenvalue weighted by Crippen LogP contribution is -2.13. The molecule has 0 bridgehead atoms. The Balaban J connectivity index is 2.26. The van der Waals surface area contributed by atoms with Crippen LogP contribution in [0.15, 0.2) is 28.8 Å². The zero-order chi connectivity index (χ0) is 14.0. The number of halogens is 1. The molecular formula is C12H13ClN2O3S. The highest BCUT2D eigenvalue weighted by molar-refractivity contribution is 7.90. The lowest BCUT2D eigenvalue weighted by molar-refractivity contribution is 0.373. The molecule has 1 atom stereocenters. The number of aryl methyl sites for hydroxylation is 1. The summed E-state index contributed by atoms with van der Waals surface area (Å²) < 4.78 is 29.5. The first-order valence-corrected chi connectivity index (χ1v) is 7.74. The zero-order valence-electron chi connectivity index (χ0n) is 10.5. The minimum Gasteiger partial charge on any atom is -0.338 e. The molecule has 102 valence electrons. The summed E-state index contributed by atoms with van der Waals surface area (Å²) in [5, 5.41) is 3.17. The molecule has 2 aromatic rings. The van der Waals surface area contributed by atoms with Crippen molar-refractivity contribution >= 4 is 21.4 Å². The largest absolute Gasteiger partial charge is 0.338 e. The van der Waals surface area contributed by atoms with Crippen LogP contribution in [0.4, 0.5) is 0 Å². The van der Waals surface area contributed by atoms with E-state index in [0.29, 0.717) is 16.4 Å². The molecule has 5 nitrogen and oxygen atoms in total. The minimum absolute atomic E-state index is 0.101. The molecule has 0 spiro atoms. The van der Waals surface area contributed by atoms with Crippen molar-refractivity contribution in [2.75, 3.05) is 0 Å². The van der Waals surface area contributed by atoms with Crippen LogP contribution in [0.25, 0.3) is 0 Å². The summed E-state index contributed by atoms with van der Waals surface area (Å²) in [6.07, 6.45) is 0. The van der Waals surface area contributed by atoms with Crippen molar-refractivity contribution in [2.24, 2.45) is 0 Å². The summed E-state index contributed by atoms with van der Waals surface area (Å²) in [6, 6.07) is 6.85. The number of rotatable bonds is 4. The van der Waals surface area contributed by atoms with Crippen LogP contribution >= 0.6 is 11.6 Å². The molecule has 1 aromatic heterocycles. The predicted octanol–water partition coefficient (Wildman–Crippen LogP) is 2.71. The first kappa shape index (κ1) is 14.0. The number of aromatic nitrogens is 2. The Morgan fingerprint density at radius 1 is 1.37 bits per heavy atom. The maximum absolute atomic E-state index is 12.3. The van der Waals surface area contributed by atoms with Gasteiger partial charge >= 0.3 is 0 Å². The number of nitrogens with zero attached hydrogens (tertiary/aromatic N) is 2. The Morgan fingerprint density at radius 3 is 2.63 bits per heavy atom. The molecular weight excluding hydrogens is 288 g/mol. The van der Waals surface area contributed by atoms with Gasteiger partial charge in [-0.3, -0.25) is 0 Å². The van der Waals surface area contributed by atoms with Gasteiger partial charge in [-0.1, -0.05) is 35.0 Å². The van der Waals surface area contributed by atoms with Crippen molar-refractivity contribution in [3.8, 4) is 0 Å². The predicted molar refractivity (Wildman–Crippen MR) is 71.5 cm³/mol. The van der Waals surface area contributed by atoms with Crippen LogP contribution in [0.3, 0.4) is 0 Å². The molecule has 1 aromatic carbocycles. The van der Waals surface area contributed by atoms with Crippen molar-refractivity contribution in [3.05, 3.63) is 46.6 Å². The van der Waals surface area contributed by atoms with Gasteiger partial charge in [-0.25, -0.2) is 8.42 Å². The molecule has 0 fully saturated rings. The summed E-state index contributed by atoms with van der Waals surface area (Å²) in [6.45, 7) is 3.17. The van der Waals surface area contributed by atoms with Crippen molar-refractivity contribution in [2.45, 2.75) is 24.9 Å². The topological polar surface area (TPSA) is 73.1 Å². The average Bonchev–Trinajstić information content (AvgIpc) is 2.77. The van der Waals surface area contributed by atoms with Crippen molar-refractivity contribution in [1.82, 2.24) is 10.1 Å². The van der Waals surface area contributed by atoms with Gasteiger partial charge in [-0.05, 0) is 25.5 Å². The molecule has 0 amide bonds. The molecule has 1 heterocycles. The highest BCUT2D eigenvalue weighted by atomic mass is 35.5. The zero-order valence-corrected chi connectivity index (χ0v) is 12.1. The fourth-order valence-electron chi connectivity index (χ4n) is 1.59. The molecule has 7 heteroatoms. The molecule has 0 radical (unpaired) electrons. The maximum atomic E-state index is 12.3. The van der Waals surface area contributed by atoms with Crippen LogP contribution in [0.2, 0.25) is 5.02 Å². The summed E-state index contributed by atoms with van der Waals surface area (Å²) in [5.74, 6) is 0.356. The fourth-order valence-corrected chi connectivity index (χ4v) is 3.21. The van der Waals surface area contributed by atoms with Gasteiger partial charge in [-0.2, -0.15) is 4.98 Å². The lowest BCUT2D eigenvalue weighted by atomic mass is 10.2. The molecule has 0 aliphatic carbocycles. The molecule has 19 heavy (non-hydrogen) atoms. The van der Waals surface area contributed by atoms with E-state index in [1.54, 1.807) is 31.2 Å². The Bertz CT molecular complexity index is 682. The third-order valence-corrected chi connectivity index (χ3v) is 5.11. The van der Waals surface area contributed by atoms with E-state index in [-0.39, 0.29) is 11.6 Å². The SMILES string of the molecule is Cc1noc([C@H](C)S(=O)(=O)Cc2ccccc2Cl)n1. The van der Waals surface area contributed by atoms with Crippen LogP contribution < -0.4 is 0 Å². The van der Waals surface area contributed by atoms with Gasteiger partial charge in [0.2, 0.25) is 5.89 Å². The monoisotopic (exact) mass is 300 g/mol. The lowest BCUT2D eigenvalue weighted by Gasteiger charge is -2.09. The maximum Gasteiger partial charge on any atom is 0.244 e. The standard InChI is InChI=1S/C12H13ClN2O3S/c1-8(12-14-9(2)15-18-12)19(16,17)7-10-5-3-4-6-11(10)13/h3-6,8H,7H2,1-2H3/t8-/m0/s1. The second-order valence-electron chi connectivity index (χ2n) is 4.22. The number of benzene rings is 1. The van der Waals surface area contributed by atoms with E-state index in [1.165, 1.54) is 6.92 Å². The third-order valence-electron chi connectivity index (χ3n) is 2.74. The average molecular weight is 301 g/mol. The number of hydrogen-bond acceptors (Lipinski definition) is 5. The quantitative estimate of drug-likeness (QED) is 0.868. The van der Waals surface area contributed by atoms with Crippen LogP contribution in [0.1, 0.15) is 29.5 Å². The van der Waals surface area contributed by atoms with Crippen molar-refractivity contribution in [3.63, 3.8) is 0 Å². The molecule has 0 N–H and O–H groups in total. The highest BCUT2D eigenvalue weighted by Gasteiger charge is 2.28. The van der Waals surface area contributed by atoms with Gasteiger partial charge in [0.1, 0.15) is 5.25 Å². The van der Waals surface area contributed by atoms with Crippen LogP contribution in [0, 0.1) is 6.92 Å². The van der Waals surface area contributed by atoms with Crippen LogP contribution in [-0.2, 0) is 15.6 Å². The van der Waals surface area contributed by atoms with Crippen LogP contribution in [-0.4, -0.2) is 18.6 Å². The Morgan fingerprint density at radius 2 is 2.05 bits per heavy atom. The van der Waals surface area contributed by atoms with E-state index in [4.69, 9.17) is 16.1 Å². The van der Waals surface area contributed by atoms with Gasteiger partial charge < -0.3 is 4.52 Å². The highest BCUT2D eigenvalue weighted by Crippen LogP contribution is 2.26. The van der Waals surface area contributed by atoms with E-state index < -0.39 is 15.1 Å². The first-order chi connectivity index (χ1) is 8.90. The van der Waals surface area contributed by atoms with E-state index >= 15 is 0 Å². The van der Waals surface area contributed by atoms with E-state index in [9.17, 15) is 8.42 Å². The van der Waals surface area contributed by atoms with Gasteiger partial charge in [0.15, 0.2) is 15.7 Å². The van der Waals surface area contributed by atoms with E-state index in [0.717, 1.165) is 0 Å². The molecule has 2 rings (SSSR count). The smallest absolute Gasteiger partial charge is 0.244 e. The van der Waals surface area contributed by atoms with Crippen molar-refractivity contribution < 1.29 is 12.9 Å². The molecule has 0 saturated carbocycles. The minimum atomic E-state index is -3.46. The number of hydrogen-bond donors (Lipinski definition) is 0. The fraction of sp³-hybridized carbons (Fsp3) is 0.333. The third kappa shape index (κ3) is 3.13. The molecule has 0 unspecified atom stereocenters. The second kappa shape index (κ2) is 5.30. The van der Waals surface area contributed by atoms with Gasteiger partial charge in [0, 0.05) is 5.02 Å². The van der Waals surface area contributed by atoms with Crippen molar-refractivity contribution in [1.29, 1.82) is 0 Å². The van der Waals surface area contributed by atoms with Crippen LogP contribution in [0.5, 0.6) is 0 Å². The summed E-state index contributed by atoms with van der Waals surface area (Å²) >= 11 is 5.97. The summed E-state index contributed by atoms with van der Waals surface area (Å²) in [5.41, 5.74) is 0.562. The van der Waals surface area contributed by atoms with Gasteiger partial charge in [0.25, 0.3) is 0 Å². The summed E-state index contributed by atoms with van der Waals surface area (Å²) in [7, 11) is -3.46. The first-order valence-electron chi connectivity index (χ1n) is 5.65. The Labute approximate surface area is 116 Å². The van der Waals surface area contributed by atoms with Gasteiger partial charge in [-0.15, -0.1) is 0 Å². The van der Waals surface area contributed by atoms with E-state index in [1.807, 2.05) is 0 Å². The summed E-state index contributed by atoms with van der Waals surface area (Å²) in [4.78, 5) is 3.95. The number of sulfone groups is 1. The Kier molecular flexibility index (Phi) is 3.91. The normalized spacial score (nSPS) is 13.4. The molecule has 0 aliphatic rings. The second-order valence-corrected chi connectivity index (χ2v) is 6.95. The van der Waals surface area contributed by atoms with E-state index in [2.05, 4.69) is 10.1 Å². The Hall–Kier alpha value is -1.40. The molecule has 0 saturated heterocycles.